The van der Waals surface area contributed by atoms with E-state index in [2.05, 4.69) is 39.9 Å². The number of para-hydroxylation sites is 1. The normalized spacial score (nSPS) is 14.9. The fraction of sp³-hybridized carbons (Fsp3) is 0.417. The molecule has 2 aromatic heterocycles. The number of hydrogen-bond acceptors (Lipinski definition) is 3. The van der Waals surface area contributed by atoms with Crippen molar-refractivity contribution in [2.45, 2.75) is 38.6 Å². The molecule has 152 valence electrons. The molecule has 0 atom stereocenters. The SMILES string of the molecule is O=C(Cn1ccc2cccc(-c3ccncc3)c21)NCCNCC1CCCCC1. The highest BCUT2D eigenvalue weighted by Gasteiger charge is 2.13. The maximum absolute atomic E-state index is 12.5. The number of amides is 1. The molecule has 0 saturated heterocycles. The minimum Gasteiger partial charge on any atom is -0.353 e. The summed E-state index contributed by atoms with van der Waals surface area (Å²) in [6.45, 7) is 2.90. The van der Waals surface area contributed by atoms with Crippen LogP contribution in [0.25, 0.3) is 22.0 Å². The van der Waals surface area contributed by atoms with E-state index in [0.717, 1.165) is 41.0 Å². The van der Waals surface area contributed by atoms with Crippen molar-refractivity contribution < 1.29 is 4.79 Å². The number of carbonyl (C=O) groups is 1. The van der Waals surface area contributed by atoms with Crippen LogP contribution in [0.2, 0.25) is 0 Å². The summed E-state index contributed by atoms with van der Waals surface area (Å²) in [6, 6.07) is 12.3. The number of aromatic nitrogens is 2. The Bertz CT molecular complexity index is 928. The van der Waals surface area contributed by atoms with E-state index < -0.39 is 0 Å². The molecule has 1 saturated carbocycles. The van der Waals surface area contributed by atoms with Crippen molar-refractivity contribution in [1.82, 2.24) is 20.2 Å². The molecule has 0 aliphatic heterocycles. The van der Waals surface area contributed by atoms with Gasteiger partial charge in [0.25, 0.3) is 0 Å². The second kappa shape index (κ2) is 9.70. The largest absolute Gasteiger partial charge is 0.353 e. The number of pyridine rings is 1. The van der Waals surface area contributed by atoms with Crippen molar-refractivity contribution in [2.75, 3.05) is 19.6 Å². The standard InChI is InChI=1S/C24H30N4O/c29-23(27-15-14-26-17-19-5-2-1-3-6-19)18-28-16-11-21-7-4-8-22(24(21)28)20-9-12-25-13-10-20/h4,7-13,16,19,26H,1-3,5-6,14-15,17-18H2,(H,27,29). The number of rotatable bonds is 8. The fourth-order valence-electron chi connectivity index (χ4n) is 4.36. The second-order valence-electron chi connectivity index (χ2n) is 7.98. The lowest BCUT2D eigenvalue weighted by Crippen LogP contribution is -2.35. The van der Waals surface area contributed by atoms with Gasteiger partial charge in [-0.15, -0.1) is 0 Å². The van der Waals surface area contributed by atoms with Gasteiger partial charge in [0.2, 0.25) is 5.91 Å². The molecule has 0 bridgehead atoms. The highest BCUT2D eigenvalue weighted by Crippen LogP contribution is 2.29. The van der Waals surface area contributed by atoms with Gasteiger partial charge in [-0.2, -0.15) is 0 Å². The quantitative estimate of drug-likeness (QED) is 0.572. The van der Waals surface area contributed by atoms with E-state index in [1.54, 1.807) is 12.4 Å². The number of nitrogens with one attached hydrogen (secondary N) is 2. The van der Waals surface area contributed by atoms with Gasteiger partial charge in [0.05, 0.1) is 5.52 Å². The molecule has 29 heavy (non-hydrogen) atoms. The Kier molecular flexibility index (Phi) is 6.57. The smallest absolute Gasteiger partial charge is 0.239 e. The van der Waals surface area contributed by atoms with Crippen LogP contribution >= 0.6 is 0 Å². The lowest BCUT2D eigenvalue weighted by Gasteiger charge is -2.21. The average Bonchev–Trinajstić information content (AvgIpc) is 3.18. The Balaban J connectivity index is 1.32. The third kappa shape index (κ3) is 5.04. The predicted molar refractivity (Wildman–Crippen MR) is 118 cm³/mol. The third-order valence-electron chi connectivity index (χ3n) is 5.88. The van der Waals surface area contributed by atoms with Crippen molar-refractivity contribution in [3.63, 3.8) is 0 Å². The molecule has 1 fully saturated rings. The van der Waals surface area contributed by atoms with Gasteiger partial charge in [-0.05, 0) is 49.1 Å². The predicted octanol–water partition coefficient (Wildman–Crippen LogP) is 3.99. The van der Waals surface area contributed by atoms with Crippen LogP contribution in [0, 0.1) is 5.92 Å². The van der Waals surface area contributed by atoms with Crippen molar-refractivity contribution in [2.24, 2.45) is 5.92 Å². The molecule has 0 radical (unpaired) electrons. The van der Waals surface area contributed by atoms with Gasteiger partial charge in [0, 0.05) is 42.6 Å². The highest BCUT2D eigenvalue weighted by molar-refractivity contribution is 5.95. The van der Waals surface area contributed by atoms with Crippen LogP contribution in [-0.4, -0.2) is 35.1 Å². The number of carbonyl (C=O) groups excluding carboxylic acids is 1. The molecule has 4 rings (SSSR count). The first-order valence-corrected chi connectivity index (χ1v) is 10.8. The molecule has 2 heterocycles. The lowest BCUT2D eigenvalue weighted by molar-refractivity contribution is -0.121. The van der Waals surface area contributed by atoms with E-state index >= 15 is 0 Å². The maximum atomic E-state index is 12.5. The highest BCUT2D eigenvalue weighted by atomic mass is 16.1. The van der Waals surface area contributed by atoms with E-state index in [0.29, 0.717) is 13.1 Å². The van der Waals surface area contributed by atoms with Crippen LogP contribution in [0.5, 0.6) is 0 Å². The molecule has 5 nitrogen and oxygen atoms in total. The first kappa shape index (κ1) is 19.6. The number of hydrogen-bond donors (Lipinski definition) is 2. The molecular formula is C24H30N4O. The second-order valence-corrected chi connectivity index (χ2v) is 7.98. The Morgan fingerprint density at radius 1 is 1.03 bits per heavy atom. The van der Waals surface area contributed by atoms with Gasteiger partial charge >= 0.3 is 0 Å². The molecule has 1 aliphatic rings. The zero-order valence-electron chi connectivity index (χ0n) is 16.9. The summed E-state index contributed by atoms with van der Waals surface area (Å²) in [6.07, 6.45) is 12.4. The summed E-state index contributed by atoms with van der Waals surface area (Å²) in [5.74, 6) is 0.865. The van der Waals surface area contributed by atoms with Crippen molar-refractivity contribution in [3.8, 4) is 11.1 Å². The van der Waals surface area contributed by atoms with Gasteiger partial charge in [-0.1, -0.05) is 37.5 Å². The lowest BCUT2D eigenvalue weighted by atomic mass is 9.89. The third-order valence-corrected chi connectivity index (χ3v) is 5.88. The summed E-state index contributed by atoms with van der Waals surface area (Å²) in [4.78, 5) is 16.6. The van der Waals surface area contributed by atoms with Gasteiger partial charge in [0.1, 0.15) is 6.54 Å². The van der Waals surface area contributed by atoms with Crippen molar-refractivity contribution in [3.05, 3.63) is 55.0 Å². The molecule has 3 aromatic rings. The topological polar surface area (TPSA) is 59.0 Å². The molecule has 5 heteroatoms. The molecule has 0 unspecified atom stereocenters. The Morgan fingerprint density at radius 2 is 1.86 bits per heavy atom. The van der Waals surface area contributed by atoms with Crippen molar-refractivity contribution >= 4 is 16.8 Å². The fourth-order valence-corrected chi connectivity index (χ4v) is 4.36. The number of fused-ring (bicyclic) bond motifs is 1. The van der Waals surface area contributed by atoms with Crippen LogP contribution in [0.3, 0.4) is 0 Å². The van der Waals surface area contributed by atoms with E-state index in [9.17, 15) is 4.79 Å². The van der Waals surface area contributed by atoms with Gasteiger partial charge in [-0.25, -0.2) is 0 Å². The molecule has 2 N–H and O–H groups in total. The maximum Gasteiger partial charge on any atom is 0.239 e. The van der Waals surface area contributed by atoms with Crippen LogP contribution < -0.4 is 10.6 Å². The molecule has 1 aromatic carbocycles. The summed E-state index contributed by atoms with van der Waals surface area (Å²) in [5, 5.41) is 7.69. The van der Waals surface area contributed by atoms with E-state index in [1.807, 2.05) is 22.9 Å². The Morgan fingerprint density at radius 3 is 2.69 bits per heavy atom. The average molecular weight is 391 g/mol. The van der Waals surface area contributed by atoms with Crippen LogP contribution in [0.4, 0.5) is 0 Å². The first-order valence-electron chi connectivity index (χ1n) is 10.8. The van der Waals surface area contributed by atoms with E-state index in [1.165, 1.54) is 32.1 Å². The summed E-state index contributed by atoms with van der Waals surface area (Å²) >= 11 is 0. The zero-order valence-corrected chi connectivity index (χ0v) is 16.9. The molecule has 0 spiro atoms. The van der Waals surface area contributed by atoms with Crippen LogP contribution in [-0.2, 0) is 11.3 Å². The molecule has 1 amide bonds. The molecule has 1 aliphatic carbocycles. The molecular weight excluding hydrogens is 360 g/mol. The summed E-state index contributed by atoms with van der Waals surface area (Å²) < 4.78 is 2.04. The Labute approximate surface area is 172 Å². The minimum atomic E-state index is 0.0477. The number of benzene rings is 1. The number of nitrogens with zero attached hydrogens (tertiary/aromatic N) is 2. The summed E-state index contributed by atoms with van der Waals surface area (Å²) in [7, 11) is 0. The van der Waals surface area contributed by atoms with Crippen molar-refractivity contribution in [1.29, 1.82) is 0 Å². The van der Waals surface area contributed by atoms with Crippen LogP contribution in [0.1, 0.15) is 32.1 Å². The monoisotopic (exact) mass is 390 g/mol. The minimum absolute atomic E-state index is 0.0477. The van der Waals surface area contributed by atoms with Gasteiger partial charge in [-0.3, -0.25) is 9.78 Å². The Hall–Kier alpha value is -2.66. The summed E-state index contributed by atoms with van der Waals surface area (Å²) in [5.41, 5.74) is 3.32. The van der Waals surface area contributed by atoms with E-state index in [4.69, 9.17) is 0 Å². The van der Waals surface area contributed by atoms with Gasteiger partial charge < -0.3 is 15.2 Å². The van der Waals surface area contributed by atoms with Crippen LogP contribution in [0.15, 0.2) is 55.0 Å². The first-order chi connectivity index (χ1) is 14.3. The zero-order chi connectivity index (χ0) is 19.9. The van der Waals surface area contributed by atoms with E-state index in [-0.39, 0.29) is 5.91 Å². The van der Waals surface area contributed by atoms with Gasteiger partial charge in [0.15, 0.2) is 0 Å².